The van der Waals surface area contributed by atoms with Gasteiger partial charge in [0.1, 0.15) is 11.2 Å². The highest BCUT2D eigenvalue weighted by atomic mass is 35.7. The third-order valence-electron chi connectivity index (χ3n) is 5.30. The van der Waals surface area contributed by atoms with Gasteiger partial charge in [0, 0.05) is 133 Å². The summed E-state index contributed by atoms with van der Waals surface area (Å²) in [6, 6.07) is 0.676. The lowest BCUT2D eigenvalue weighted by Gasteiger charge is -2.19. The quantitative estimate of drug-likeness (QED) is 0.0364. The molecule has 0 radical (unpaired) electrons. The van der Waals surface area contributed by atoms with Crippen LogP contribution >= 0.6 is 104 Å². The molecule has 0 atom stereocenters. The maximum absolute atomic E-state index is 11.3. The lowest BCUT2D eigenvalue weighted by Crippen LogP contribution is -2.43. The fourth-order valence-corrected chi connectivity index (χ4v) is 4.80. The van der Waals surface area contributed by atoms with Gasteiger partial charge in [-0.15, -0.1) is 69.6 Å². The van der Waals surface area contributed by atoms with E-state index in [1.54, 1.807) is 67.0 Å². The van der Waals surface area contributed by atoms with Crippen LogP contribution in [0.5, 0.6) is 0 Å². The van der Waals surface area contributed by atoms with Crippen molar-refractivity contribution in [3.8, 4) is 0 Å². The van der Waals surface area contributed by atoms with Crippen molar-refractivity contribution in [2.75, 3.05) is 35.7 Å². The number of hydrogen-bond acceptors (Lipinski definition) is 23. The zero-order valence-electron chi connectivity index (χ0n) is 46.5. The SMILES string of the molecule is CC(C)(C)O.CC(C)(C)OC(=O)NS(=O)(=O)Cl.CC(C)(C)OC(=O)NS(=O)(=O)NC1CC1.CCN(CC)CC.ClCCl.ClCCl.ClCCl.NC1CC1.NS(=O)(=O)NC1CC1.O=C=NS(=O)(=O)Cl.O=CC(F)(F)F.S.S=S.S=S=S.S=S=S=S. The van der Waals surface area contributed by atoms with Crippen molar-refractivity contribution in [1.29, 1.82) is 0 Å². The topological polar surface area (TPSA) is 359 Å². The number of isocyanates is 1. The van der Waals surface area contributed by atoms with Gasteiger partial charge in [0.25, 0.3) is 16.3 Å². The Morgan fingerprint density at radius 2 is 0.928 bits per heavy atom. The fourth-order valence-electron chi connectivity index (χ4n) is 2.50. The van der Waals surface area contributed by atoms with Crippen LogP contribution in [0.1, 0.15) is 122 Å². The molecule has 0 aromatic heterocycles. The molecule has 0 heterocycles. The van der Waals surface area contributed by atoms with Gasteiger partial charge >= 0.3 is 47.0 Å². The Kier molecular flexibility index (Phi) is 91.9. The van der Waals surface area contributed by atoms with Gasteiger partial charge in [0.05, 0.1) is 21.6 Å². The number of nitrogens with two attached hydrogens (primary N) is 2. The molecular weight excluding hydrogens is 1560 g/mol. The summed E-state index contributed by atoms with van der Waals surface area (Å²) in [5.74, 6) is 0. The van der Waals surface area contributed by atoms with Crippen molar-refractivity contribution >= 4 is 262 Å². The first-order valence-electron chi connectivity index (χ1n) is 21.4. The number of nitrogens with one attached hydrogen (secondary N) is 4. The second-order valence-electron chi connectivity index (χ2n) is 16.4. The standard InChI is InChI=1S/C8H16N2O4S.C6H15N.C5H10ClNO4S.C4H10O.C3H8N2O2S.C3H7N.C2HF3O.3CH2Cl2.CClNO3S.S4.S3.S2.H2S/c1-8(2,3)14-7(11)10-15(12,13)9-6-4-5-6;1-4-7(5-2)6-3;1-5(2,3)11-4(8)7-12(6,9)10;1-4(2,3)5;4-8(6,7)5-3-1-2-3;4-3-1-2-3;3-2(4,5)1-6;3*2-1-3;2-7(5,6)3-1-4;1-3-4-2;1-3-2;1-2;/h6,9H,4-5H2,1-3H3,(H,10,11);4-6H2,1-3H3;1-3H3,(H,7,8);5H,1-3H3;3,5H,1-2H2,(H2,4,6,7);3H,1-2,4H2;1H;3*1H2;;;;;1H2. The molecule has 83 heavy (non-hydrogen) atoms. The van der Waals surface area contributed by atoms with E-state index in [1.165, 1.54) is 55.0 Å². The van der Waals surface area contributed by atoms with E-state index in [0.717, 1.165) is 40.6 Å². The second kappa shape index (κ2) is 68.0. The molecule has 0 aromatic carbocycles. The minimum Gasteiger partial charge on any atom is -0.443 e. The first-order chi connectivity index (χ1) is 36.8. The molecule has 0 unspecified atom stereocenters. The van der Waals surface area contributed by atoms with Crippen molar-refractivity contribution in [3.05, 3.63) is 0 Å². The molecular formula is C35H75Cl8F3N8O15S14. The second-order valence-corrected chi connectivity index (χ2v) is 31.3. The number of carbonyl (C=O) groups excluding carboxylic acids is 4. The van der Waals surface area contributed by atoms with Crippen LogP contribution in [0.2, 0.25) is 0 Å². The fraction of sp³-hybridized carbons (Fsp3) is 0.886. The highest BCUT2D eigenvalue weighted by Crippen LogP contribution is 2.20. The summed E-state index contributed by atoms with van der Waals surface area (Å²) in [7, 11) is -2.87. The van der Waals surface area contributed by atoms with Crippen molar-refractivity contribution in [2.24, 2.45) is 15.3 Å². The summed E-state index contributed by atoms with van der Waals surface area (Å²) in [5, 5.41) is 13.7. The van der Waals surface area contributed by atoms with Crippen LogP contribution in [0, 0.1) is 0 Å². The highest BCUT2D eigenvalue weighted by Gasteiger charge is 2.29. The number of rotatable bonds is 10. The Hall–Kier alpha value is 1.59. The third-order valence-corrected chi connectivity index (χ3v) is 10.4. The number of ether oxygens (including phenoxy) is 2. The molecule has 0 aromatic rings. The average Bonchev–Trinajstić information content (AvgIpc) is 4.14. The van der Waals surface area contributed by atoms with Crippen LogP contribution in [0.25, 0.3) is 0 Å². The Morgan fingerprint density at radius 1 is 0.687 bits per heavy atom. The summed E-state index contributed by atoms with van der Waals surface area (Å²) in [5.41, 5.74) is 3.27. The predicted octanol–water partition coefficient (Wildman–Crippen LogP) is 7.59. The maximum Gasteiger partial charge on any atom is 0.446 e. The van der Waals surface area contributed by atoms with Gasteiger partial charge in [0.15, 0.2) is 0 Å². The molecule has 3 aliphatic carbocycles. The van der Waals surface area contributed by atoms with E-state index < -0.39 is 80.3 Å². The number of halogens is 11. The number of nitrogens with zero attached hydrogens (tertiary/aromatic N) is 2. The van der Waals surface area contributed by atoms with Crippen LogP contribution in [-0.2, 0) is 152 Å². The van der Waals surface area contributed by atoms with Crippen LogP contribution < -0.4 is 29.8 Å². The van der Waals surface area contributed by atoms with Gasteiger partial charge in [-0.05, 0) is 120 Å². The molecule has 506 valence electrons. The van der Waals surface area contributed by atoms with E-state index in [0.29, 0.717) is 6.04 Å². The third kappa shape index (κ3) is 187. The summed E-state index contributed by atoms with van der Waals surface area (Å²) in [6.07, 6.45) is -0.975. The first kappa shape index (κ1) is 112. The summed E-state index contributed by atoms with van der Waals surface area (Å²) >= 11 is 52.8. The number of aldehydes is 1. The molecule has 3 aliphatic rings. The first-order valence-corrected chi connectivity index (χ1v) is 40.2. The van der Waals surface area contributed by atoms with E-state index in [9.17, 15) is 56.4 Å². The Bertz CT molecular complexity index is 2210. The van der Waals surface area contributed by atoms with Gasteiger partial charge in [0.2, 0.25) is 6.29 Å². The smallest absolute Gasteiger partial charge is 0.443 e. The summed E-state index contributed by atoms with van der Waals surface area (Å²) in [4.78, 5) is 41.9. The van der Waals surface area contributed by atoms with Crippen molar-refractivity contribution in [2.45, 2.75) is 163 Å². The zero-order chi connectivity index (χ0) is 68.4. The van der Waals surface area contributed by atoms with E-state index >= 15 is 0 Å². The molecule has 23 nitrogen and oxygen atoms in total. The molecule has 3 fully saturated rings. The van der Waals surface area contributed by atoms with Crippen molar-refractivity contribution < 1.29 is 80.6 Å². The largest absolute Gasteiger partial charge is 0.446 e. The van der Waals surface area contributed by atoms with E-state index in [1.807, 2.05) is 0 Å². The number of amides is 2. The summed E-state index contributed by atoms with van der Waals surface area (Å²) < 4.78 is 133. The number of aliphatic hydroxyl groups is 1. The number of hydrogen-bond donors (Lipinski definition) is 7. The van der Waals surface area contributed by atoms with E-state index in [2.05, 4.69) is 127 Å². The van der Waals surface area contributed by atoms with Crippen LogP contribution in [0.3, 0.4) is 0 Å². The van der Waals surface area contributed by atoms with Gasteiger partial charge in [-0.2, -0.15) is 69.8 Å². The van der Waals surface area contributed by atoms with Crippen LogP contribution in [-0.4, -0.2) is 145 Å². The Balaban J connectivity index is -0.0000000680. The van der Waals surface area contributed by atoms with E-state index in [4.69, 9.17) is 105 Å². The molecule has 0 aliphatic heterocycles. The van der Waals surface area contributed by atoms with Crippen LogP contribution in [0.4, 0.5) is 22.8 Å². The minimum absolute atomic E-state index is 0. The Labute approximate surface area is 573 Å². The van der Waals surface area contributed by atoms with Gasteiger partial charge in [-0.1, -0.05) is 25.2 Å². The van der Waals surface area contributed by atoms with Gasteiger partial charge < -0.3 is 25.2 Å². The molecule has 0 spiro atoms. The number of alkyl halides is 9. The summed E-state index contributed by atoms with van der Waals surface area (Å²) in [6.45, 7) is 25.1. The van der Waals surface area contributed by atoms with Crippen molar-refractivity contribution in [1.82, 2.24) is 23.8 Å². The maximum atomic E-state index is 11.3. The van der Waals surface area contributed by atoms with Crippen molar-refractivity contribution in [3.63, 3.8) is 0 Å². The lowest BCUT2D eigenvalue weighted by atomic mass is 10.2. The average molecular weight is 1640 g/mol. The molecule has 0 saturated heterocycles. The van der Waals surface area contributed by atoms with Crippen LogP contribution in [0.15, 0.2) is 4.40 Å². The number of carbonyl (C=O) groups is 3. The minimum atomic E-state index is -4.64. The molecule has 2 amide bonds. The molecule has 0 bridgehead atoms. The van der Waals surface area contributed by atoms with E-state index in [-0.39, 0.29) is 41.6 Å². The molecule has 3 saturated carbocycles. The van der Waals surface area contributed by atoms with Gasteiger partial charge in [-0.25, -0.2) is 29.0 Å². The Morgan fingerprint density at radius 3 is 1.04 bits per heavy atom. The molecule has 3 rings (SSSR count). The highest BCUT2D eigenvalue weighted by molar-refractivity contribution is 8.51. The molecule has 9 N–H and O–H groups in total. The van der Waals surface area contributed by atoms with Gasteiger partial charge in [-0.3, -0.25) is 4.79 Å². The zero-order valence-corrected chi connectivity index (χ0v) is 64.1. The predicted molar refractivity (Wildman–Crippen MR) is 362 cm³/mol. The normalized spacial score (nSPS) is 12.5. The lowest BCUT2D eigenvalue weighted by molar-refractivity contribution is -0.156. The molecule has 48 heteroatoms. The monoisotopic (exact) mass is 1630 g/mol.